The Labute approximate surface area is 62.3 Å². The molecular formula is C7H12O3. The molecular weight excluding hydrogens is 132 g/mol. The van der Waals surface area contributed by atoms with Gasteiger partial charge in [-0.15, -0.1) is 0 Å². The van der Waals surface area contributed by atoms with E-state index in [2.05, 4.69) is 9.47 Å². The van der Waals surface area contributed by atoms with Crippen LogP contribution in [0, 0.1) is 14.2 Å². The van der Waals surface area contributed by atoms with Gasteiger partial charge in [-0.1, -0.05) is 0 Å². The van der Waals surface area contributed by atoms with Crippen LogP contribution in [0.4, 0.5) is 0 Å². The highest BCUT2D eigenvalue weighted by Gasteiger charge is 2.05. The van der Waals surface area contributed by atoms with Crippen LogP contribution in [0.2, 0.25) is 0 Å². The van der Waals surface area contributed by atoms with Crippen molar-refractivity contribution in [2.24, 2.45) is 0 Å². The summed E-state index contributed by atoms with van der Waals surface area (Å²) in [5, 5.41) is 0. The molecule has 0 N–H and O–H groups in total. The first-order valence-corrected chi connectivity index (χ1v) is 3.10. The van der Waals surface area contributed by atoms with Gasteiger partial charge in [-0.05, 0) is 6.92 Å². The molecule has 4 radical (unpaired) electrons. The number of hydrogen-bond acceptors (Lipinski definition) is 3. The van der Waals surface area contributed by atoms with E-state index < -0.39 is 0 Å². The molecule has 0 aromatic carbocycles. The van der Waals surface area contributed by atoms with Crippen LogP contribution in [0.15, 0.2) is 0 Å². The predicted octanol–water partition coefficient (Wildman–Crippen LogP) is 0.762. The van der Waals surface area contributed by atoms with Crippen LogP contribution in [0.5, 0.6) is 0 Å². The average Bonchev–Trinajstić information content (AvgIpc) is 1.90. The molecule has 0 aromatic rings. The summed E-state index contributed by atoms with van der Waals surface area (Å²) in [5.41, 5.74) is 0. The van der Waals surface area contributed by atoms with E-state index in [1.807, 2.05) is 6.92 Å². The molecule has 0 fully saturated rings. The zero-order chi connectivity index (χ0) is 7.82. The normalized spacial score (nSPS) is 10.8. The molecule has 0 aromatic heterocycles. The van der Waals surface area contributed by atoms with E-state index in [1.165, 1.54) is 0 Å². The zero-order valence-electron chi connectivity index (χ0n) is 6.08. The maximum Gasteiger partial charge on any atom is 0.115 e. The van der Waals surface area contributed by atoms with Crippen LogP contribution < -0.4 is 0 Å². The van der Waals surface area contributed by atoms with Crippen molar-refractivity contribution in [3.63, 3.8) is 0 Å². The van der Waals surface area contributed by atoms with Crippen LogP contribution in [0.25, 0.3) is 0 Å². The van der Waals surface area contributed by atoms with Crippen molar-refractivity contribution in [2.75, 3.05) is 19.8 Å². The van der Waals surface area contributed by atoms with E-state index in [0.29, 0.717) is 19.8 Å². The van der Waals surface area contributed by atoms with Gasteiger partial charge in [0.15, 0.2) is 0 Å². The van der Waals surface area contributed by atoms with Crippen molar-refractivity contribution in [1.82, 2.24) is 0 Å². The SMILES string of the molecule is [CH]OCC(CO[CH])OCC. The quantitative estimate of drug-likeness (QED) is 0.551. The van der Waals surface area contributed by atoms with Crippen LogP contribution in [0.3, 0.4) is 0 Å². The van der Waals surface area contributed by atoms with Crippen molar-refractivity contribution in [3.05, 3.63) is 14.2 Å². The molecule has 0 saturated carbocycles. The molecule has 0 aliphatic carbocycles. The Morgan fingerprint density at radius 3 is 2.00 bits per heavy atom. The van der Waals surface area contributed by atoms with Gasteiger partial charge in [0.05, 0.1) is 13.2 Å². The van der Waals surface area contributed by atoms with Crippen molar-refractivity contribution in [2.45, 2.75) is 13.0 Å². The van der Waals surface area contributed by atoms with Gasteiger partial charge in [-0.2, -0.15) is 0 Å². The number of rotatable bonds is 6. The second-order valence-electron chi connectivity index (χ2n) is 1.74. The average molecular weight is 144 g/mol. The third-order valence-corrected chi connectivity index (χ3v) is 0.967. The van der Waals surface area contributed by atoms with E-state index in [9.17, 15) is 0 Å². The topological polar surface area (TPSA) is 27.7 Å². The van der Waals surface area contributed by atoms with E-state index in [0.717, 1.165) is 0 Å². The Morgan fingerprint density at radius 1 is 1.20 bits per heavy atom. The Morgan fingerprint density at radius 2 is 1.70 bits per heavy atom. The molecule has 0 amide bonds. The van der Waals surface area contributed by atoms with Gasteiger partial charge in [-0.3, -0.25) is 0 Å². The molecule has 0 rings (SSSR count). The molecule has 0 aliphatic heterocycles. The smallest absolute Gasteiger partial charge is 0.115 e. The Bertz CT molecular complexity index is 51.6. The van der Waals surface area contributed by atoms with Crippen molar-refractivity contribution < 1.29 is 14.2 Å². The standard InChI is InChI=1S/C7H12O3/c1-4-10-7(5-8-2)6-9-3/h2-3,7H,4-6H2,1H3. The van der Waals surface area contributed by atoms with Crippen LogP contribution >= 0.6 is 0 Å². The maximum atomic E-state index is 5.11. The van der Waals surface area contributed by atoms with Crippen molar-refractivity contribution in [1.29, 1.82) is 0 Å². The van der Waals surface area contributed by atoms with E-state index in [-0.39, 0.29) is 6.10 Å². The Hall–Kier alpha value is -0.120. The molecule has 0 unspecified atom stereocenters. The van der Waals surface area contributed by atoms with E-state index >= 15 is 0 Å². The molecule has 0 bridgehead atoms. The summed E-state index contributed by atoms with van der Waals surface area (Å²) in [6.45, 7) is 3.06. The lowest BCUT2D eigenvalue weighted by Crippen LogP contribution is -2.23. The van der Waals surface area contributed by atoms with Gasteiger partial charge >= 0.3 is 0 Å². The lowest BCUT2D eigenvalue weighted by molar-refractivity contribution is -0.0236. The fraction of sp³-hybridized carbons (Fsp3) is 0.714. The molecule has 0 saturated heterocycles. The summed E-state index contributed by atoms with van der Waals surface area (Å²) in [4.78, 5) is 0. The maximum absolute atomic E-state index is 5.11. The Balaban J connectivity index is 3.30. The Kier molecular flexibility index (Phi) is 6.91. The third-order valence-electron chi connectivity index (χ3n) is 0.967. The van der Waals surface area contributed by atoms with Gasteiger partial charge in [0.2, 0.25) is 0 Å². The largest absolute Gasteiger partial charge is 0.374 e. The minimum absolute atomic E-state index is 0.167. The second-order valence-corrected chi connectivity index (χ2v) is 1.74. The summed E-state index contributed by atoms with van der Waals surface area (Å²) in [6.07, 6.45) is -0.167. The molecule has 58 valence electrons. The second kappa shape index (κ2) is 6.99. The summed E-state index contributed by atoms with van der Waals surface area (Å²) in [7, 11) is 9.63. The molecule has 10 heavy (non-hydrogen) atoms. The van der Waals surface area contributed by atoms with Crippen molar-refractivity contribution >= 4 is 0 Å². The number of hydrogen-bond donors (Lipinski definition) is 0. The monoisotopic (exact) mass is 144 g/mol. The minimum atomic E-state index is -0.167. The first-order valence-electron chi connectivity index (χ1n) is 3.10. The zero-order valence-corrected chi connectivity index (χ0v) is 6.08. The molecule has 0 heterocycles. The summed E-state index contributed by atoms with van der Waals surface area (Å²) < 4.78 is 13.8. The van der Waals surface area contributed by atoms with Crippen LogP contribution in [-0.4, -0.2) is 25.9 Å². The van der Waals surface area contributed by atoms with Gasteiger partial charge in [0.1, 0.15) is 20.3 Å². The van der Waals surface area contributed by atoms with Crippen LogP contribution in [-0.2, 0) is 14.2 Å². The third kappa shape index (κ3) is 4.73. The van der Waals surface area contributed by atoms with Gasteiger partial charge < -0.3 is 14.2 Å². The van der Waals surface area contributed by atoms with Gasteiger partial charge in [0, 0.05) is 6.61 Å². The predicted molar refractivity (Wildman–Crippen MR) is 35.9 cm³/mol. The first kappa shape index (κ1) is 9.88. The highest BCUT2D eigenvalue weighted by atomic mass is 16.5. The van der Waals surface area contributed by atoms with Crippen molar-refractivity contribution in [3.8, 4) is 0 Å². The highest BCUT2D eigenvalue weighted by molar-refractivity contribution is 4.54. The lowest BCUT2D eigenvalue weighted by Gasteiger charge is -2.13. The molecule has 0 spiro atoms. The van der Waals surface area contributed by atoms with E-state index in [4.69, 9.17) is 19.0 Å². The molecule has 3 heteroatoms. The first-order chi connectivity index (χ1) is 4.85. The number of ether oxygens (including phenoxy) is 3. The summed E-state index contributed by atoms with van der Waals surface area (Å²) in [5.74, 6) is 0. The summed E-state index contributed by atoms with van der Waals surface area (Å²) in [6, 6.07) is 0. The lowest BCUT2D eigenvalue weighted by atomic mass is 10.4. The summed E-state index contributed by atoms with van der Waals surface area (Å²) >= 11 is 0. The fourth-order valence-electron chi connectivity index (χ4n) is 0.595. The molecule has 0 atom stereocenters. The molecule has 3 nitrogen and oxygen atoms in total. The van der Waals surface area contributed by atoms with Gasteiger partial charge in [-0.25, -0.2) is 0 Å². The highest BCUT2D eigenvalue weighted by Crippen LogP contribution is 1.93. The molecule has 0 aliphatic rings. The van der Waals surface area contributed by atoms with Gasteiger partial charge in [0.25, 0.3) is 0 Å². The van der Waals surface area contributed by atoms with Crippen LogP contribution in [0.1, 0.15) is 6.92 Å². The fourth-order valence-corrected chi connectivity index (χ4v) is 0.595. The van der Waals surface area contributed by atoms with E-state index in [1.54, 1.807) is 0 Å². The minimum Gasteiger partial charge on any atom is -0.374 e.